The summed E-state index contributed by atoms with van der Waals surface area (Å²) in [6, 6.07) is 4.88. The van der Waals surface area contributed by atoms with Crippen molar-refractivity contribution in [3.63, 3.8) is 0 Å². The summed E-state index contributed by atoms with van der Waals surface area (Å²) >= 11 is 0. The van der Waals surface area contributed by atoms with E-state index in [4.69, 9.17) is 9.26 Å². The van der Waals surface area contributed by atoms with E-state index >= 15 is 0 Å². The minimum Gasteiger partial charge on any atom is -0.495 e. The second kappa shape index (κ2) is 10.1. The number of nitrogens with one attached hydrogen (secondary N) is 2. The fraction of sp³-hybridized carbons (Fsp3) is 0.455. The Morgan fingerprint density at radius 1 is 1.19 bits per heavy atom. The first-order valence-corrected chi connectivity index (χ1v) is 11.9. The zero-order valence-electron chi connectivity index (χ0n) is 18.1. The van der Waals surface area contributed by atoms with Crippen molar-refractivity contribution in [1.82, 2.24) is 9.88 Å². The maximum atomic E-state index is 13.1. The molecule has 0 saturated heterocycles. The molecule has 3 rings (SSSR count). The quantitative estimate of drug-likeness (QED) is 0.618. The van der Waals surface area contributed by atoms with Gasteiger partial charge in [-0.15, -0.1) is 0 Å². The Morgan fingerprint density at radius 2 is 1.90 bits per heavy atom. The number of anilines is 1. The Hall–Kier alpha value is -2.65. The maximum Gasteiger partial charge on any atom is 0.244 e. The number of methoxy groups -OCH3 is 1. The predicted molar refractivity (Wildman–Crippen MR) is 119 cm³/mol. The molecule has 8 nitrogen and oxygen atoms in total. The Morgan fingerprint density at radius 3 is 2.55 bits per heavy atom. The molecule has 1 aromatic heterocycles. The lowest BCUT2D eigenvalue weighted by atomic mass is 10.1. The number of carbonyl (C=O) groups excluding carboxylic acids is 1. The average molecular weight is 448 g/mol. The van der Waals surface area contributed by atoms with Gasteiger partial charge < -0.3 is 14.6 Å². The molecule has 2 aromatic rings. The highest BCUT2D eigenvalue weighted by molar-refractivity contribution is 7.89. The number of ether oxygens (including phenoxy) is 1. The fourth-order valence-corrected chi connectivity index (χ4v) is 5.20. The van der Waals surface area contributed by atoms with Gasteiger partial charge in [-0.25, -0.2) is 13.1 Å². The summed E-state index contributed by atoms with van der Waals surface area (Å²) in [4.78, 5) is 11.5. The van der Waals surface area contributed by atoms with Gasteiger partial charge in [0.2, 0.25) is 15.9 Å². The van der Waals surface area contributed by atoms with E-state index in [1.165, 1.54) is 14.0 Å². The van der Waals surface area contributed by atoms with Gasteiger partial charge in [-0.2, -0.15) is 0 Å². The molecular weight excluding hydrogens is 418 g/mol. The fourth-order valence-electron chi connectivity index (χ4n) is 3.69. The standard InChI is InChI=1S/C22H29N3O5S/c1-15-22(23-16(2)26)20(30-24-15)13-11-17-10-12-19(29-3)21(14-17)31(27,28)25-18-8-6-4-5-7-9-18/h10-14,18,25H,4-9H2,1-3H3,(H,23,26)/b13-11-. The molecule has 1 fully saturated rings. The average Bonchev–Trinajstić information content (AvgIpc) is 2.91. The molecule has 1 aromatic carbocycles. The second-order valence-corrected chi connectivity index (χ2v) is 9.42. The van der Waals surface area contributed by atoms with Gasteiger partial charge in [0.15, 0.2) is 5.76 Å². The highest BCUT2D eigenvalue weighted by atomic mass is 32.2. The molecule has 0 spiro atoms. The number of aryl methyl sites for hydroxylation is 1. The van der Waals surface area contributed by atoms with Crippen LogP contribution in [0.3, 0.4) is 0 Å². The molecule has 1 heterocycles. The number of amides is 1. The number of nitrogens with zero attached hydrogens (tertiary/aromatic N) is 1. The molecule has 168 valence electrons. The van der Waals surface area contributed by atoms with Gasteiger partial charge in [0.1, 0.15) is 22.0 Å². The molecule has 0 atom stereocenters. The van der Waals surface area contributed by atoms with E-state index in [0.29, 0.717) is 22.7 Å². The molecule has 1 aliphatic carbocycles. The lowest BCUT2D eigenvalue weighted by Crippen LogP contribution is -2.34. The highest BCUT2D eigenvalue weighted by Crippen LogP contribution is 2.28. The van der Waals surface area contributed by atoms with Crippen molar-refractivity contribution < 1.29 is 22.5 Å². The van der Waals surface area contributed by atoms with Crippen molar-refractivity contribution in [1.29, 1.82) is 0 Å². The third kappa shape index (κ3) is 5.95. The topological polar surface area (TPSA) is 111 Å². The summed E-state index contributed by atoms with van der Waals surface area (Å²) in [5.41, 5.74) is 1.69. The van der Waals surface area contributed by atoms with Crippen LogP contribution in [0.1, 0.15) is 62.5 Å². The first-order valence-electron chi connectivity index (χ1n) is 10.4. The molecule has 1 aliphatic rings. The summed E-state index contributed by atoms with van der Waals surface area (Å²) in [5, 5.41) is 6.56. The molecular formula is C22H29N3O5S. The Balaban J connectivity index is 1.87. The van der Waals surface area contributed by atoms with E-state index in [1.807, 2.05) is 0 Å². The number of hydrogen-bond acceptors (Lipinski definition) is 6. The van der Waals surface area contributed by atoms with E-state index in [-0.39, 0.29) is 22.6 Å². The van der Waals surface area contributed by atoms with Crippen LogP contribution in [0.4, 0.5) is 5.69 Å². The SMILES string of the molecule is COc1ccc(/C=C\c2onc(C)c2NC(C)=O)cc1S(=O)(=O)NC1CCCCCC1. The summed E-state index contributed by atoms with van der Waals surface area (Å²) in [6.45, 7) is 3.13. The minimum atomic E-state index is -3.75. The van der Waals surface area contributed by atoms with Crippen LogP contribution in [0.5, 0.6) is 5.75 Å². The van der Waals surface area contributed by atoms with E-state index < -0.39 is 10.0 Å². The number of aromatic nitrogens is 1. The van der Waals surface area contributed by atoms with Crippen molar-refractivity contribution in [3.8, 4) is 5.75 Å². The van der Waals surface area contributed by atoms with Crippen molar-refractivity contribution in [2.45, 2.75) is 63.3 Å². The van der Waals surface area contributed by atoms with E-state index in [1.54, 1.807) is 37.3 Å². The lowest BCUT2D eigenvalue weighted by molar-refractivity contribution is -0.114. The van der Waals surface area contributed by atoms with Crippen molar-refractivity contribution >= 4 is 33.8 Å². The number of benzene rings is 1. The molecule has 2 N–H and O–H groups in total. The van der Waals surface area contributed by atoms with Crippen molar-refractivity contribution in [2.24, 2.45) is 0 Å². The molecule has 1 amide bonds. The van der Waals surface area contributed by atoms with Crippen molar-refractivity contribution in [3.05, 3.63) is 35.2 Å². The largest absolute Gasteiger partial charge is 0.495 e. The lowest BCUT2D eigenvalue weighted by Gasteiger charge is -2.18. The molecule has 0 bridgehead atoms. The summed E-state index contributed by atoms with van der Waals surface area (Å²) < 4.78 is 39.6. The molecule has 9 heteroatoms. The summed E-state index contributed by atoms with van der Waals surface area (Å²) in [6.07, 6.45) is 9.38. The second-order valence-electron chi connectivity index (χ2n) is 7.74. The molecule has 0 radical (unpaired) electrons. The third-order valence-electron chi connectivity index (χ3n) is 5.27. The number of sulfonamides is 1. The highest BCUT2D eigenvalue weighted by Gasteiger charge is 2.24. The van der Waals surface area contributed by atoms with Crippen molar-refractivity contribution in [2.75, 3.05) is 12.4 Å². The number of rotatable bonds is 7. The predicted octanol–water partition coefficient (Wildman–Crippen LogP) is 4.12. The van der Waals surface area contributed by atoms with Gasteiger partial charge in [-0.1, -0.05) is 43.0 Å². The zero-order valence-corrected chi connectivity index (χ0v) is 18.9. The molecule has 0 aliphatic heterocycles. The Labute approximate surface area is 183 Å². The third-order valence-corrected chi connectivity index (χ3v) is 6.81. The maximum absolute atomic E-state index is 13.1. The van der Waals surface area contributed by atoms with Crippen LogP contribution in [0.25, 0.3) is 12.2 Å². The Bertz CT molecular complexity index is 1050. The monoisotopic (exact) mass is 447 g/mol. The van der Waals surface area contributed by atoms with Gasteiger partial charge in [0.05, 0.1) is 7.11 Å². The van der Waals surface area contributed by atoms with E-state index in [2.05, 4.69) is 15.2 Å². The van der Waals surface area contributed by atoms with Gasteiger partial charge >= 0.3 is 0 Å². The summed E-state index contributed by atoms with van der Waals surface area (Å²) in [5.74, 6) is 0.431. The van der Waals surface area contributed by atoms with Crippen LogP contribution in [0.15, 0.2) is 27.6 Å². The molecule has 31 heavy (non-hydrogen) atoms. The van der Waals surface area contributed by atoms with Crippen LogP contribution in [0, 0.1) is 6.92 Å². The van der Waals surface area contributed by atoms with Crippen LogP contribution in [-0.2, 0) is 14.8 Å². The van der Waals surface area contributed by atoms with Gasteiger partial charge in [-0.3, -0.25) is 4.79 Å². The first-order chi connectivity index (χ1) is 14.8. The van der Waals surface area contributed by atoms with Gasteiger partial charge in [-0.05, 0) is 43.5 Å². The van der Waals surface area contributed by atoms with Gasteiger partial charge in [0.25, 0.3) is 0 Å². The van der Waals surface area contributed by atoms with Crippen LogP contribution >= 0.6 is 0 Å². The van der Waals surface area contributed by atoms with Crippen LogP contribution in [-0.4, -0.2) is 32.6 Å². The first kappa shape index (κ1) is 23.0. The van der Waals surface area contributed by atoms with Crippen LogP contribution in [0.2, 0.25) is 0 Å². The van der Waals surface area contributed by atoms with E-state index in [0.717, 1.165) is 38.5 Å². The van der Waals surface area contributed by atoms with Gasteiger partial charge in [0, 0.05) is 13.0 Å². The minimum absolute atomic E-state index is 0.0613. The number of carbonyl (C=O) groups is 1. The van der Waals surface area contributed by atoms with E-state index in [9.17, 15) is 13.2 Å². The Kier molecular flexibility index (Phi) is 7.50. The normalized spacial score (nSPS) is 15.7. The zero-order chi connectivity index (χ0) is 22.4. The summed E-state index contributed by atoms with van der Waals surface area (Å²) in [7, 11) is -2.30. The number of hydrogen-bond donors (Lipinski definition) is 2. The molecule has 1 saturated carbocycles. The smallest absolute Gasteiger partial charge is 0.244 e. The van der Waals surface area contributed by atoms with Crippen LogP contribution < -0.4 is 14.8 Å². The molecule has 0 unspecified atom stereocenters.